The Balaban J connectivity index is 1.68. The summed E-state index contributed by atoms with van der Waals surface area (Å²) in [5.41, 5.74) is 0. The van der Waals surface area contributed by atoms with Crippen molar-refractivity contribution >= 4 is 17.3 Å². The van der Waals surface area contributed by atoms with Gasteiger partial charge >= 0.3 is 0 Å². The molecule has 1 aromatic rings. The number of thiophene rings is 1. The zero-order chi connectivity index (χ0) is 14.4. The Hall–Kier alpha value is -1.07. The maximum Gasteiger partial charge on any atom is 0.191 e. The number of nitrogens with zero attached hydrogens (tertiary/aromatic N) is 2. The first-order chi connectivity index (χ1) is 9.70. The highest BCUT2D eigenvalue weighted by Gasteiger charge is 2.29. The second-order valence-corrected chi connectivity index (χ2v) is 6.53. The zero-order valence-corrected chi connectivity index (χ0v) is 13.5. The molecule has 2 rings (SSSR count). The Morgan fingerprint density at radius 3 is 2.80 bits per heavy atom. The summed E-state index contributed by atoms with van der Waals surface area (Å²) < 4.78 is 0. The van der Waals surface area contributed by atoms with Crippen molar-refractivity contribution < 1.29 is 0 Å². The Bertz CT molecular complexity index is 408. The van der Waals surface area contributed by atoms with Gasteiger partial charge in [-0.15, -0.1) is 11.3 Å². The minimum atomic E-state index is 0.630. The van der Waals surface area contributed by atoms with Crippen LogP contribution in [0, 0.1) is 0 Å². The van der Waals surface area contributed by atoms with Crippen LogP contribution in [0.4, 0.5) is 0 Å². The predicted molar refractivity (Wildman–Crippen MR) is 87.4 cm³/mol. The topological polar surface area (TPSA) is 39.7 Å². The summed E-state index contributed by atoms with van der Waals surface area (Å²) in [5, 5.41) is 8.85. The largest absolute Gasteiger partial charge is 0.355 e. The molecule has 5 heteroatoms. The lowest BCUT2D eigenvalue weighted by atomic mass is 10.3. The van der Waals surface area contributed by atoms with Crippen LogP contribution in [-0.4, -0.2) is 43.1 Å². The lowest BCUT2D eigenvalue weighted by Gasteiger charge is -2.26. The van der Waals surface area contributed by atoms with E-state index in [2.05, 4.69) is 51.9 Å². The second kappa shape index (κ2) is 7.64. The first-order valence-electron chi connectivity index (χ1n) is 7.43. The van der Waals surface area contributed by atoms with Gasteiger partial charge in [0.25, 0.3) is 0 Å². The molecule has 4 nitrogen and oxygen atoms in total. The molecule has 1 heterocycles. The molecule has 0 spiro atoms. The molecule has 112 valence electrons. The fourth-order valence-electron chi connectivity index (χ4n) is 2.38. The van der Waals surface area contributed by atoms with E-state index in [4.69, 9.17) is 0 Å². The summed E-state index contributed by atoms with van der Waals surface area (Å²) in [7, 11) is 1.82. The summed E-state index contributed by atoms with van der Waals surface area (Å²) in [6.45, 7) is 7.43. The van der Waals surface area contributed by atoms with Crippen molar-refractivity contribution in [1.82, 2.24) is 15.5 Å². The zero-order valence-electron chi connectivity index (χ0n) is 12.7. The van der Waals surface area contributed by atoms with Gasteiger partial charge in [0.2, 0.25) is 0 Å². The number of rotatable bonds is 7. The average Bonchev–Trinajstić information content (AvgIpc) is 3.13. The maximum absolute atomic E-state index is 4.27. The van der Waals surface area contributed by atoms with Gasteiger partial charge in [-0.2, -0.15) is 0 Å². The molecule has 0 saturated heterocycles. The molecule has 1 saturated carbocycles. The first-order valence-corrected chi connectivity index (χ1v) is 8.31. The van der Waals surface area contributed by atoms with Crippen LogP contribution < -0.4 is 10.6 Å². The van der Waals surface area contributed by atoms with Crippen LogP contribution in [0.5, 0.6) is 0 Å². The summed E-state index contributed by atoms with van der Waals surface area (Å²) in [6, 6.07) is 5.66. The van der Waals surface area contributed by atoms with E-state index in [1.807, 2.05) is 7.05 Å². The van der Waals surface area contributed by atoms with Crippen LogP contribution in [0.2, 0.25) is 0 Å². The third kappa shape index (κ3) is 4.80. The van der Waals surface area contributed by atoms with Gasteiger partial charge in [-0.05, 0) is 38.1 Å². The van der Waals surface area contributed by atoms with E-state index in [0.717, 1.165) is 31.6 Å². The molecule has 0 unspecified atom stereocenters. The molecule has 0 aromatic carbocycles. The van der Waals surface area contributed by atoms with Crippen LogP contribution >= 0.6 is 11.3 Å². The molecule has 0 aliphatic heterocycles. The van der Waals surface area contributed by atoms with Crippen molar-refractivity contribution in [2.75, 3.05) is 20.1 Å². The van der Waals surface area contributed by atoms with Crippen molar-refractivity contribution in [1.29, 1.82) is 0 Å². The van der Waals surface area contributed by atoms with Crippen molar-refractivity contribution in [2.45, 2.75) is 45.3 Å². The predicted octanol–water partition coefficient (Wildman–Crippen LogP) is 2.29. The van der Waals surface area contributed by atoms with Crippen molar-refractivity contribution in [3.05, 3.63) is 22.4 Å². The van der Waals surface area contributed by atoms with Crippen molar-refractivity contribution in [3.63, 3.8) is 0 Å². The number of nitrogens with one attached hydrogen (secondary N) is 2. The highest BCUT2D eigenvalue weighted by Crippen LogP contribution is 2.27. The van der Waals surface area contributed by atoms with Gasteiger partial charge in [0.1, 0.15) is 0 Å². The van der Waals surface area contributed by atoms with E-state index < -0.39 is 0 Å². The van der Waals surface area contributed by atoms with Crippen LogP contribution in [0.15, 0.2) is 22.5 Å². The average molecular weight is 294 g/mol. The molecule has 0 amide bonds. The molecular weight excluding hydrogens is 268 g/mol. The maximum atomic E-state index is 4.27. The summed E-state index contributed by atoms with van der Waals surface area (Å²) in [6.07, 6.45) is 2.73. The number of guanidine groups is 1. The molecule has 0 radical (unpaired) electrons. The monoisotopic (exact) mass is 294 g/mol. The fourth-order valence-corrected chi connectivity index (χ4v) is 3.02. The SMILES string of the molecule is CN=C(NCCN(C(C)C)C1CC1)NCc1cccs1. The third-order valence-electron chi connectivity index (χ3n) is 3.58. The second-order valence-electron chi connectivity index (χ2n) is 5.49. The molecule has 2 N–H and O–H groups in total. The van der Waals surface area contributed by atoms with Gasteiger partial charge in [0.15, 0.2) is 5.96 Å². The van der Waals surface area contributed by atoms with E-state index in [-0.39, 0.29) is 0 Å². The first kappa shape index (κ1) is 15.3. The van der Waals surface area contributed by atoms with E-state index in [1.54, 1.807) is 11.3 Å². The normalized spacial score (nSPS) is 15.9. The minimum absolute atomic E-state index is 0.630. The summed E-state index contributed by atoms with van der Waals surface area (Å²) >= 11 is 1.77. The Morgan fingerprint density at radius 1 is 1.45 bits per heavy atom. The van der Waals surface area contributed by atoms with E-state index in [9.17, 15) is 0 Å². The van der Waals surface area contributed by atoms with Gasteiger partial charge < -0.3 is 10.6 Å². The standard InChI is InChI=1S/C15H26N4S/c1-12(2)19(13-6-7-13)9-8-17-15(16-3)18-11-14-5-4-10-20-14/h4-5,10,12-13H,6-9,11H2,1-3H3,(H2,16,17,18). The Kier molecular flexibility index (Phi) is 5.86. The number of hydrogen-bond acceptors (Lipinski definition) is 3. The summed E-state index contributed by atoms with van der Waals surface area (Å²) in [4.78, 5) is 8.18. The molecule has 1 fully saturated rings. The molecule has 1 aliphatic carbocycles. The van der Waals surface area contributed by atoms with Crippen molar-refractivity contribution in [2.24, 2.45) is 4.99 Å². The minimum Gasteiger partial charge on any atom is -0.355 e. The van der Waals surface area contributed by atoms with Gasteiger partial charge in [-0.25, -0.2) is 0 Å². The van der Waals surface area contributed by atoms with Crippen LogP contribution in [-0.2, 0) is 6.54 Å². The van der Waals surface area contributed by atoms with Crippen molar-refractivity contribution in [3.8, 4) is 0 Å². The summed E-state index contributed by atoms with van der Waals surface area (Å²) in [5.74, 6) is 0.887. The van der Waals surface area contributed by atoms with Gasteiger partial charge in [0.05, 0.1) is 6.54 Å². The van der Waals surface area contributed by atoms with Gasteiger partial charge in [-0.3, -0.25) is 9.89 Å². The molecule has 1 aromatic heterocycles. The Morgan fingerprint density at radius 2 is 2.25 bits per heavy atom. The lowest BCUT2D eigenvalue weighted by molar-refractivity contribution is 0.215. The van der Waals surface area contributed by atoms with Crippen LogP contribution in [0.25, 0.3) is 0 Å². The molecule has 1 aliphatic rings. The van der Waals surface area contributed by atoms with Crippen LogP contribution in [0.3, 0.4) is 0 Å². The molecular formula is C15H26N4S. The highest BCUT2D eigenvalue weighted by molar-refractivity contribution is 7.09. The smallest absolute Gasteiger partial charge is 0.191 e. The van der Waals surface area contributed by atoms with E-state index in [0.29, 0.717) is 6.04 Å². The quantitative estimate of drug-likeness (QED) is 0.599. The number of hydrogen-bond donors (Lipinski definition) is 2. The number of aliphatic imine (C=N–C) groups is 1. The van der Waals surface area contributed by atoms with Gasteiger partial charge in [-0.1, -0.05) is 6.07 Å². The fraction of sp³-hybridized carbons (Fsp3) is 0.667. The van der Waals surface area contributed by atoms with Crippen LogP contribution in [0.1, 0.15) is 31.6 Å². The highest BCUT2D eigenvalue weighted by atomic mass is 32.1. The molecule has 0 bridgehead atoms. The van der Waals surface area contributed by atoms with E-state index >= 15 is 0 Å². The molecule has 0 atom stereocenters. The van der Waals surface area contributed by atoms with E-state index in [1.165, 1.54) is 17.7 Å². The van der Waals surface area contributed by atoms with Gasteiger partial charge in [0, 0.05) is 37.1 Å². The third-order valence-corrected chi connectivity index (χ3v) is 4.45. The lowest BCUT2D eigenvalue weighted by Crippen LogP contribution is -2.43. The molecule has 20 heavy (non-hydrogen) atoms. The Labute approximate surface area is 126 Å².